The van der Waals surface area contributed by atoms with Crippen LogP contribution < -0.4 is 10.2 Å². The van der Waals surface area contributed by atoms with E-state index in [9.17, 15) is 18.8 Å². The van der Waals surface area contributed by atoms with Crippen LogP contribution in [0.2, 0.25) is 0 Å². The van der Waals surface area contributed by atoms with Crippen LogP contribution in [-0.4, -0.2) is 41.2 Å². The molecule has 3 aromatic rings. The van der Waals surface area contributed by atoms with E-state index in [1.54, 1.807) is 25.1 Å². The lowest BCUT2D eigenvalue weighted by atomic mass is 10.1. The van der Waals surface area contributed by atoms with Crippen molar-refractivity contribution < 1.29 is 18.8 Å². The molecule has 34 heavy (non-hydrogen) atoms. The van der Waals surface area contributed by atoms with Crippen molar-refractivity contribution in [2.45, 2.75) is 45.8 Å². The van der Waals surface area contributed by atoms with Crippen LogP contribution in [-0.2, 0) is 16.1 Å². The minimum atomic E-state index is -0.776. The summed E-state index contributed by atoms with van der Waals surface area (Å²) in [5.74, 6) is -1.26. The van der Waals surface area contributed by atoms with Gasteiger partial charge in [0.15, 0.2) is 0 Å². The number of carbonyl (C=O) groups is 3. The molecule has 3 amide bonds. The molecule has 1 aliphatic rings. The lowest BCUT2D eigenvalue weighted by Crippen LogP contribution is -2.52. The molecule has 0 aromatic heterocycles. The Hall–Kier alpha value is -3.74. The minimum absolute atomic E-state index is 0.0371. The second kappa shape index (κ2) is 9.63. The van der Waals surface area contributed by atoms with Crippen molar-refractivity contribution in [1.29, 1.82) is 0 Å². The Morgan fingerprint density at radius 2 is 1.71 bits per heavy atom. The normalized spacial score (nSPS) is 14.2. The first kappa shape index (κ1) is 23.4. The number of anilines is 1. The molecule has 0 saturated heterocycles. The zero-order chi connectivity index (χ0) is 24.4. The smallest absolute Gasteiger partial charge is 0.259 e. The molecular formula is C27H28FN3O3. The van der Waals surface area contributed by atoms with Gasteiger partial charge in [-0.15, -0.1) is 0 Å². The van der Waals surface area contributed by atoms with Crippen LogP contribution in [0.5, 0.6) is 0 Å². The summed E-state index contributed by atoms with van der Waals surface area (Å²) in [5.41, 5.74) is 1.94. The lowest BCUT2D eigenvalue weighted by molar-refractivity contribution is -0.139. The summed E-state index contributed by atoms with van der Waals surface area (Å²) >= 11 is 0. The maximum Gasteiger partial charge on any atom is 0.259 e. The highest BCUT2D eigenvalue weighted by Crippen LogP contribution is 2.37. The molecular weight excluding hydrogens is 433 g/mol. The number of amides is 3. The van der Waals surface area contributed by atoms with Crippen molar-refractivity contribution in [2.24, 2.45) is 0 Å². The SMILES string of the molecule is CC[C@@H](C)NC(=O)[C@@H](C)N(Cc1ccc(F)cc1)C(=O)CN1C(=O)c2cccc3cccc1c23. The maximum atomic E-state index is 13.6. The molecule has 0 unspecified atom stereocenters. The van der Waals surface area contributed by atoms with Gasteiger partial charge in [-0.2, -0.15) is 0 Å². The molecule has 3 aromatic carbocycles. The Morgan fingerprint density at radius 1 is 1.03 bits per heavy atom. The molecule has 1 N–H and O–H groups in total. The average Bonchev–Trinajstić information content (AvgIpc) is 3.11. The van der Waals surface area contributed by atoms with Crippen LogP contribution >= 0.6 is 0 Å². The highest BCUT2D eigenvalue weighted by molar-refractivity contribution is 6.26. The summed E-state index contributed by atoms with van der Waals surface area (Å²) < 4.78 is 13.4. The van der Waals surface area contributed by atoms with E-state index < -0.39 is 6.04 Å². The topological polar surface area (TPSA) is 69.7 Å². The summed E-state index contributed by atoms with van der Waals surface area (Å²) in [4.78, 5) is 42.5. The van der Waals surface area contributed by atoms with Gasteiger partial charge in [-0.1, -0.05) is 43.3 Å². The van der Waals surface area contributed by atoms with E-state index in [1.165, 1.54) is 21.9 Å². The molecule has 1 aliphatic heterocycles. The molecule has 0 bridgehead atoms. The third-order valence-electron chi connectivity index (χ3n) is 6.38. The van der Waals surface area contributed by atoms with Crippen molar-refractivity contribution in [2.75, 3.05) is 11.4 Å². The number of benzene rings is 3. The first-order chi connectivity index (χ1) is 16.3. The van der Waals surface area contributed by atoms with Crippen molar-refractivity contribution in [1.82, 2.24) is 10.2 Å². The Balaban J connectivity index is 1.61. The summed E-state index contributed by atoms with van der Waals surface area (Å²) in [5, 5.41) is 4.68. The van der Waals surface area contributed by atoms with E-state index in [-0.39, 0.29) is 42.7 Å². The second-order valence-corrected chi connectivity index (χ2v) is 8.71. The number of halogens is 1. The molecule has 0 radical (unpaired) electrons. The monoisotopic (exact) mass is 461 g/mol. The van der Waals surface area contributed by atoms with E-state index in [4.69, 9.17) is 0 Å². The van der Waals surface area contributed by atoms with Gasteiger partial charge in [-0.05, 0) is 55.5 Å². The van der Waals surface area contributed by atoms with Crippen molar-refractivity contribution >= 4 is 34.2 Å². The van der Waals surface area contributed by atoms with Crippen molar-refractivity contribution in [3.63, 3.8) is 0 Å². The van der Waals surface area contributed by atoms with Gasteiger partial charge < -0.3 is 10.2 Å². The molecule has 2 atom stereocenters. The van der Waals surface area contributed by atoms with Gasteiger partial charge in [0.25, 0.3) is 5.91 Å². The number of hydrogen-bond acceptors (Lipinski definition) is 3. The standard InChI is InChI=1S/C27H28FN3O3/c1-4-17(2)29-26(33)18(3)30(15-19-11-13-21(28)14-12-19)24(32)16-31-23-10-6-8-20-7-5-9-22(25(20)23)27(31)34/h5-14,17-18H,4,15-16H2,1-3H3,(H,29,33)/t17-,18-/m1/s1. The molecule has 7 heteroatoms. The van der Waals surface area contributed by atoms with Gasteiger partial charge in [-0.3, -0.25) is 19.3 Å². The highest BCUT2D eigenvalue weighted by Gasteiger charge is 2.34. The summed E-state index contributed by atoms with van der Waals surface area (Å²) in [6.45, 7) is 5.45. The van der Waals surface area contributed by atoms with Gasteiger partial charge in [0, 0.05) is 23.5 Å². The molecule has 4 rings (SSSR count). The second-order valence-electron chi connectivity index (χ2n) is 8.71. The third kappa shape index (κ3) is 4.51. The largest absolute Gasteiger partial charge is 0.352 e. The Bertz CT molecular complexity index is 1240. The zero-order valence-corrected chi connectivity index (χ0v) is 19.5. The summed E-state index contributed by atoms with van der Waals surface area (Å²) in [6, 6.07) is 16.2. The Morgan fingerprint density at radius 3 is 2.38 bits per heavy atom. The molecule has 0 fully saturated rings. The fraction of sp³-hybridized carbons (Fsp3) is 0.296. The van der Waals surface area contributed by atoms with Crippen LogP contribution in [0.1, 0.15) is 43.1 Å². The van der Waals surface area contributed by atoms with Gasteiger partial charge in [0.05, 0.1) is 5.69 Å². The highest BCUT2D eigenvalue weighted by atomic mass is 19.1. The Labute approximate surface area is 198 Å². The van der Waals surface area contributed by atoms with Crippen LogP contribution in [0.3, 0.4) is 0 Å². The molecule has 0 aliphatic carbocycles. The van der Waals surface area contributed by atoms with Gasteiger partial charge >= 0.3 is 0 Å². The van der Waals surface area contributed by atoms with E-state index in [0.29, 0.717) is 16.8 Å². The van der Waals surface area contributed by atoms with Crippen LogP contribution in [0, 0.1) is 5.82 Å². The minimum Gasteiger partial charge on any atom is -0.352 e. The van der Waals surface area contributed by atoms with Gasteiger partial charge in [0.2, 0.25) is 11.8 Å². The Kier molecular flexibility index (Phi) is 6.63. The maximum absolute atomic E-state index is 13.6. The van der Waals surface area contributed by atoms with Crippen LogP contribution in [0.25, 0.3) is 10.8 Å². The van der Waals surface area contributed by atoms with E-state index >= 15 is 0 Å². The fourth-order valence-electron chi connectivity index (χ4n) is 4.20. The lowest BCUT2D eigenvalue weighted by Gasteiger charge is -2.31. The number of nitrogens with one attached hydrogen (secondary N) is 1. The van der Waals surface area contributed by atoms with Crippen molar-refractivity contribution in [3.05, 3.63) is 77.6 Å². The fourth-order valence-corrected chi connectivity index (χ4v) is 4.20. The predicted octanol–water partition coefficient (Wildman–Crippen LogP) is 4.27. The van der Waals surface area contributed by atoms with Crippen LogP contribution in [0.15, 0.2) is 60.7 Å². The molecule has 0 spiro atoms. The first-order valence-electron chi connectivity index (χ1n) is 11.5. The van der Waals surface area contributed by atoms with Gasteiger partial charge in [-0.25, -0.2) is 4.39 Å². The summed E-state index contributed by atoms with van der Waals surface area (Å²) in [7, 11) is 0. The van der Waals surface area contributed by atoms with E-state index in [2.05, 4.69) is 5.32 Å². The van der Waals surface area contributed by atoms with E-state index in [1.807, 2.05) is 44.2 Å². The summed E-state index contributed by atoms with van der Waals surface area (Å²) in [6.07, 6.45) is 0.759. The van der Waals surface area contributed by atoms with E-state index in [0.717, 1.165) is 17.2 Å². The molecule has 0 saturated carbocycles. The predicted molar refractivity (Wildman–Crippen MR) is 130 cm³/mol. The van der Waals surface area contributed by atoms with Gasteiger partial charge in [0.1, 0.15) is 18.4 Å². The average molecular weight is 462 g/mol. The number of nitrogens with zero attached hydrogens (tertiary/aromatic N) is 2. The third-order valence-corrected chi connectivity index (χ3v) is 6.38. The quantitative estimate of drug-likeness (QED) is 0.545. The molecule has 1 heterocycles. The van der Waals surface area contributed by atoms with Crippen molar-refractivity contribution in [3.8, 4) is 0 Å². The number of rotatable bonds is 8. The van der Waals surface area contributed by atoms with Crippen LogP contribution in [0.4, 0.5) is 10.1 Å². The first-order valence-corrected chi connectivity index (χ1v) is 11.5. The number of carbonyl (C=O) groups excluding carboxylic acids is 3. The number of hydrogen-bond donors (Lipinski definition) is 1. The zero-order valence-electron chi connectivity index (χ0n) is 19.5. The molecule has 6 nitrogen and oxygen atoms in total. The molecule has 176 valence electrons.